The van der Waals surface area contributed by atoms with Crippen molar-refractivity contribution in [2.45, 2.75) is 37.5 Å². The molecule has 12 rings (SSSR count). The maximum atomic E-state index is 2.47. The molecule has 65 heavy (non-hydrogen) atoms. The van der Waals surface area contributed by atoms with Crippen LogP contribution in [0.3, 0.4) is 0 Å². The van der Waals surface area contributed by atoms with Crippen LogP contribution in [0.15, 0.2) is 254 Å². The molecule has 9 aromatic carbocycles. The number of hydrogen-bond donors (Lipinski definition) is 0. The summed E-state index contributed by atoms with van der Waals surface area (Å²) in [4.78, 5) is 0. The second-order valence-electron chi connectivity index (χ2n) is 18.0. The Labute approximate surface area is 383 Å². The van der Waals surface area contributed by atoms with Crippen LogP contribution in [0.1, 0.15) is 59.2 Å². The third-order valence-corrected chi connectivity index (χ3v) is 13.9. The Morgan fingerprint density at radius 2 is 1.00 bits per heavy atom. The lowest BCUT2D eigenvalue weighted by Crippen LogP contribution is -2.28. The van der Waals surface area contributed by atoms with Crippen LogP contribution in [-0.4, -0.2) is 4.57 Å². The minimum atomic E-state index is -0.378. The molecule has 312 valence electrons. The smallest absolute Gasteiger partial charge is 0.0713 e. The lowest BCUT2D eigenvalue weighted by Gasteiger charge is -2.34. The molecule has 1 unspecified atom stereocenters. The van der Waals surface area contributed by atoms with Crippen LogP contribution < -0.4 is 0 Å². The summed E-state index contributed by atoms with van der Waals surface area (Å²) in [6.45, 7) is 4.45. The zero-order chi connectivity index (χ0) is 43.8. The van der Waals surface area contributed by atoms with E-state index < -0.39 is 0 Å². The molecule has 1 nitrogen and oxygen atoms in total. The quantitative estimate of drug-likeness (QED) is 0.151. The van der Waals surface area contributed by atoms with E-state index in [-0.39, 0.29) is 10.8 Å². The molecule has 10 aromatic rings. The molecule has 0 saturated carbocycles. The number of fused-ring (bicyclic) bond motifs is 6. The SMILES string of the molecule is CC1=CCC(C)(c2ccccc2)C=C1.c1ccc(-n2c3ccccc3c3cc(-c4ccc(Cc5ccc6c(c5)C(c5ccccc5)(c5ccccc5)c5ccccc5-6)cc4)ccc32)cc1. The van der Waals surface area contributed by atoms with Crippen molar-refractivity contribution in [2.24, 2.45) is 0 Å². The Bertz CT molecular complexity index is 3320. The van der Waals surface area contributed by atoms with E-state index >= 15 is 0 Å². The van der Waals surface area contributed by atoms with Gasteiger partial charge in [-0.2, -0.15) is 0 Å². The van der Waals surface area contributed by atoms with Gasteiger partial charge in [0.1, 0.15) is 0 Å². The van der Waals surface area contributed by atoms with Gasteiger partial charge in [0.15, 0.2) is 0 Å². The number of rotatable bonds is 7. The van der Waals surface area contributed by atoms with Crippen LogP contribution in [0.4, 0.5) is 0 Å². The number of aromatic nitrogens is 1. The topological polar surface area (TPSA) is 4.93 Å². The van der Waals surface area contributed by atoms with Crippen LogP contribution in [0.25, 0.3) is 49.7 Å². The molecular weight excluding hydrogens is 783 g/mol. The molecule has 0 bridgehead atoms. The van der Waals surface area contributed by atoms with Crippen molar-refractivity contribution in [3.63, 3.8) is 0 Å². The van der Waals surface area contributed by atoms with E-state index in [9.17, 15) is 0 Å². The van der Waals surface area contributed by atoms with Crippen molar-refractivity contribution in [1.29, 1.82) is 0 Å². The molecule has 0 amide bonds. The third kappa shape index (κ3) is 7.14. The summed E-state index contributed by atoms with van der Waals surface area (Å²) >= 11 is 0. The molecule has 0 saturated heterocycles. The highest BCUT2D eigenvalue weighted by Gasteiger charge is 2.46. The number of nitrogens with zero attached hydrogens (tertiary/aromatic N) is 1. The third-order valence-electron chi connectivity index (χ3n) is 13.9. The highest BCUT2D eigenvalue weighted by Crippen LogP contribution is 2.56. The van der Waals surface area contributed by atoms with Gasteiger partial charge in [-0.05, 0) is 111 Å². The molecule has 1 heterocycles. The fourth-order valence-electron chi connectivity index (χ4n) is 10.5. The number of benzene rings is 9. The summed E-state index contributed by atoms with van der Waals surface area (Å²) in [5.74, 6) is 0. The van der Waals surface area contributed by atoms with Gasteiger partial charge in [-0.25, -0.2) is 0 Å². The van der Waals surface area contributed by atoms with E-state index in [2.05, 4.69) is 267 Å². The monoisotopic (exact) mass is 833 g/mol. The fourth-order valence-corrected chi connectivity index (χ4v) is 10.5. The summed E-state index contributed by atoms with van der Waals surface area (Å²) < 4.78 is 2.37. The summed E-state index contributed by atoms with van der Waals surface area (Å²) in [5.41, 5.74) is 19.3. The predicted molar refractivity (Wildman–Crippen MR) is 274 cm³/mol. The van der Waals surface area contributed by atoms with Gasteiger partial charge >= 0.3 is 0 Å². The minimum Gasteiger partial charge on any atom is -0.309 e. The lowest BCUT2D eigenvalue weighted by atomic mass is 9.67. The molecule has 0 spiro atoms. The van der Waals surface area contributed by atoms with Gasteiger partial charge in [0, 0.05) is 21.9 Å². The Morgan fingerprint density at radius 3 is 1.68 bits per heavy atom. The summed E-state index contributed by atoms with van der Waals surface area (Å²) in [6.07, 6.45) is 8.83. The van der Waals surface area contributed by atoms with Crippen LogP contribution in [-0.2, 0) is 17.3 Å². The van der Waals surface area contributed by atoms with Gasteiger partial charge < -0.3 is 4.57 Å². The van der Waals surface area contributed by atoms with E-state index in [0.29, 0.717) is 0 Å². The first-order valence-corrected chi connectivity index (χ1v) is 22.9. The van der Waals surface area contributed by atoms with Crippen molar-refractivity contribution < 1.29 is 0 Å². The van der Waals surface area contributed by atoms with E-state index in [4.69, 9.17) is 0 Å². The molecule has 0 N–H and O–H groups in total. The van der Waals surface area contributed by atoms with Gasteiger partial charge in [-0.3, -0.25) is 0 Å². The highest BCUT2D eigenvalue weighted by atomic mass is 15.0. The van der Waals surface area contributed by atoms with Crippen molar-refractivity contribution in [2.75, 3.05) is 0 Å². The van der Waals surface area contributed by atoms with Crippen LogP contribution in [0.2, 0.25) is 0 Å². The lowest BCUT2D eigenvalue weighted by molar-refractivity contribution is 0.596. The fraction of sp³-hybridized carbons (Fsp3) is 0.0938. The Hall–Kier alpha value is -7.74. The number of hydrogen-bond acceptors (Lipinski definition) is 0. The average molecular weight is 834 g/mol. The second kappa shape index (κ2) is 16.8. The standard InChI is InChI=1S/C50H35N.C14H16/c1-4-14-39(15-5-1)50(40-16-6-2-7-17-40)46-22-12-10-20-42(46)43-30-26-36(33-47(43)50)32-35-24-27-37(28-25-35)38-29-31-49-45(34-38)44-21-11-13-23-48(44)51(49)41-18-8-3-9-19-41;1-12-8-10-14(2,11-9-12)13-6-4-3-5-7-13/h1-31,33-34H,32H2;3-10H,11H2,1-2H3. The van der Waals surface area contributed by atoms with E-state index in [0.717, 1.165) is 12.8 Å². The van der Waals surface area contributed by atoms with Crippen molar-refractivity contribution in [3.05, 3.63) is 293 Å². The number of para-hydroxylation sites is 2. The maximum Gasteiger partial charge on any atom is 0.0713 e. The minimum absolute atomic E-state index is 0.195. The Kier molecular flexibility index (Phi) is 10.3. The van der Waals surface area contributed by atoms with Gasteiger partial charge in [-0.1, -0.05) is 231 Å². The average Bonchev–Trinajstić information content (AvgIpc) is 3.86. The van der Waals surface area contributed by atoms with Crippen LogP contribution >= 0.6 is 0 Å². The number of allylic oxidation sites excluding steroid dienone is 4. The van der Waals surface area contributed by atoms with Crippen LogP contribution in [0, 0.1) is 0 Å². The molecule has 0 fully saturated rings. The largest absolute Gasteiger partial charge is 0.309 e. The van der Waals surface area contributed by atoms with E-state index in [1.54, 1.807) is 0 Å². The Morgan fingerprint density at radius 1 is 0.446 bits per heavy atom. The molecule has 1 aromatic heterocycles. The van der Waals surface area contributed by atoms with Gasteiger partial charge in [0.2, 0.25) is 0 Å². The van der Waals surface area contributed by atoms with Crippen LogP contribution in [0.5, 0.6) is 0 Å². The second-order valence-corrected chi connectivity index (χ2v) is 18.0. The zero-order valence-corrected chi connectivity index (χ0v) is 37.0. The molecule has 1 heteroatoms. The molecule has 2 aliphatic rings. The van der Waals surface area contributed by atoms with Gasteiger partial charge in [0.25, 0.3) is 0 Å². The molecule has 0 radical (unpaired) electrons. The summed E-state index contributed by atoms with van der Waals surface area (Å²) in [7, 11) is 0. The first-order valence-electron chi connectivity index (χ1n) is 22.9. The summed E-state index contributed by atoms with van der Waals surface area (Å²) in [6, 6.07) is 84.4. The first kappa shape index (κ1) is 40.1. The molecule has 0 aliphatic heterocycles. The maximum absolute atomic E-state index is 2.47. The van der Waals surface area contributed by atoms with Crippen molar-refractivity contribution in [1.82, 2.24) is 4.57 Å². The van der Waals surface area contributed by atoms with E-state index in [1.807, 2.05) is 0 Å². The Balaban J connectivity index is 0.000000286. The van der Waals surface area contributed by atoms with Gasteiger partial charge in [0.05, 0.1) is 16.4 Å². The van der Waals surface area contributed by atoms with Crippen molar-refractivity contribution in [3.8, 4) is 27.9 Å². The van der Waals surface area contributed by atoms with E-state index in [1.165, 1.54) is 94.3 Å². The molecule has 1 atom stereocenters. The van der Waals surface area contributed by atoms with Gasteiger partial charge in [-0.15, -0.1) is 0 Å². The first-order chi connectivity index (χ1) is 32.0. The summed E-state index contributed by atoms with van der Waals surface area (Å²) in [5, 5.41) is 2.55. The molecular formula is C64H51N. The highest BCUT2D eigenvalue weighted by molar-refractivity contribution is 6.10. The predicted octanol–water partition coefficient (Wildman–Crippen LogP) is 16.3. The van der Waals surface area contributed by atoms with Crippen molar-refractivity contribution >= 4 is 21.8 Å². The molecule has 2 aliphatic carbocycles. The normalized spacial score (nSPS) is 15.8. The zero-order valence-electron chi connectivity index (χ0n) is 37.0.